The zero-order valence-corrected chi connectivity index (χ0v) is 10.8. The fourth-order valence-corrected chi connectivity index (χ4v) is 2.00. The topological polar surface area (TPSA) is 119 Å². The molecule has 4 N–H and O–H groups in total. The van der Waals surface area contributed by atoms with Gasteiger partial charge in [-0.3, -0.25) is 9.59 Å². The molecule has 2 amide bonds. The molecule has 0 aromatic heterocycles. The van der Waals surface area contributed by atoms with Crippen LogP contribution in [-0.4, -0.2) is 35.1 Å². The summed E-state index contributed by atoms with van der Waals surface area (Å²) in [6, 6.07) is 3.31. The maximum absolute atomic E-state index is 13.6. The molecule has 8 heteroatoms. The highest BCUT2D eigenvalue weighted by Crippen LogP contribution is 2.22. The summed E-state index contributed by atoms with van der Waals surface area (Å²) in [5.74, 6) is -3.30. The summed E-state index contributed by atoms with van der Waals surface area (Å²) in [6.07, 6.45) is -1.58. The first kappa shape index (κ1) is 14.9. The highest BCUT2D eigenvalue weighted by Gasteiger charge is 2.34. The Balaban J connectivity index is 2.08. The maximum Gasteiger partial charge on any atom is 0.332 e. The Bertz CT molecular complexity index is 604. The number of nitrogens with one attached hydrogen (secondary N) is 1. The highest BCUT2D eigenvalue weighted by atomic mass is 19.1. The molecule has 1 fully saturated rings. The molecule has 21 heavy (non-hydrogen) atoms. The van der Waals surface area contributed by atoms with Gasteiger partial charge in [0.05, 0.1) is 5.69 Å². The number of carbonyl (C=O) groups excluding carboxylic acids is 2. The summed E-state index contributed by atoms with van der Waals surface area (Å²) < 4.78 is 18.6. The zero-order valence-electron chi connectivity index (χ0n) is 10.8. The van der Waals surface area contributed by atoms with Gasteiger partial charge in [-0.2, -0.15) is 0 Å². The van der Waals surface area contributed by atoms with Gasteiger partial charge in [0.15, 0.2) is 6.10 Å². The quantitative estimate of drug-likeness (QED) is 0.747. The third-order valence-electron chi connectivity index (χ3n) is 3.10. The number of rotatable bonds is 4. The van der Waals surface area contributed by atoms with Crippen LogP contribution in [0.5, 0.6) is 0 Å². The standard InChI is InChI=1S/C13H13FN2O5/c14-7-2-1-6(11(15)17)5-8(7)16-12(18)9-3-4-10(21-9)13(19)20/h1-2,5,9-10H,3-4H2,(H2,15,17)(H,16,18)(H,19,20). The van der Waals surface area contributed by atoms with Crippen LogP contribution in [0.25, 0.3) is 0 Å². The van der Waals surface area contributed by atoms with Crippen LogP contribution >= 0.6 is 0 Å². The van der Waals surface area contributed by atoms with Crippen molar-refractivity contribution in [2.75, 3.05) is 5.32 Å². The molecule has 112 valence electrons. The normalized spacial score (nSPS) is 21.0. The number of carbonyl (C=O) groups is 3. The molecule has 2 rings (SSSR count). The molecule has 0 saturated carbocycles. The Morgan fingerprint density at radius 3 is 2.52 bits per heavy atom. The van der Waals surface area contributed by atoms with Crippen LogP contribution in [0.3, 0.4) is 0 Å². The van der Waals surface area contributed by atoms with Crippen molar-refractivity contribution in [3.63, 3.8) is 0 Å². The fraction of sp³-hybridized carbons (Fsp3) is 0.308. The van der Waals surface area contributed by atoms with Crippen molar-refractivity contribution >= 4 is 23.5 Å². The van der Waals surface area contributed by atoms with Crippen molar-refractivity contribution < 1.29 is 28.6 Å². The van der Waals surface area contributed by atoms with Gasteiger partial charge in [-0.15, -0.1) is 0 Å². The van der Waals surface area contributed by atoms with E-state index in [4.69, 9.17) is 15.6 Å². The first-order chi connectivity index (χ1) is 9.88. The third kappa shape index (κ3) is 3.34. The van der Waals surface area contributed by atoms with Crippen molar-refractivity contribution in [3.8, 4) is 0 Å². The van der Waals surface area contributed by atoms with E-state index in [1.807, 2.05) is 0 Å². The average Bonchev–Trinajstić information content (AvgIpc) is 2.90. The number of carboxylic acid groups (broad SMARTS) is 1. The molecule has 7 nitrogen and oxygen atoms in total. The van der Waals surface area contributed by atoms with Crippen LogP contribution in [0.4, 0.5) is 10.1 Å². The van der Waals surface area contributed by atoms with Crippen molar-refractivity contribution in [2.24, 2.45) is 5.73 Å². The number of primary amides is 1. The number of amides is 2. The molecule has 1 saturated heterocycles. The minimum Gasteiger partial charge on any atom is -0.479 e. The van der Waals surface area contributed by atoms with E-state index >= 15 is 0 Å². The first-order valence-corrected chi connectivity index (χ1v) is 6.17. The molecular weight excluding hydrogens is 283 g/mol. The number of hydrogen-bond donors (Lipinski definition) is 3. The van der Waals surface area contributed by atoms with Gasteiger partial charge in [0.1, 0.15) is 11.9 Å². The number of nitrogens with two attached hydrogens (primary N) is 1. The Labute approximate surface area is 118 Å². The van der Waals surface area contributed by atoms with E-state index in [1.165, 1.54) is 6.07 Å². The van der Waals surface area contributed by atoms with E-state index < -0.39 is 35.8 Å². The van der Waals surface area contributed by atoms with Crippen LogP contribution in [-0.2, 0) is 14.3 Å². The number of ether oxygens (including phenoxy) is 1. The van der Waals surface area contributed by atoms with Crippen molar-refractivity contribution in [2.45, 2.75) is 25.0 Å². The molecular formula is C13H13FN2O5. The Morgan fingerprint density at radius 2 is 1.95 bits per heavy atom. The van der Waals surface area contributed by atoms with Gasteiger partial charge in [-0.1, -0.05) is 0 Å². The molecule has 0 bridgehead atoms. The van der Waals surface area contributed by atoms with Crippen molar-refractivity contribution in [1.82, 2.24) is 0 Å². The number of anilines is 1. The highest BCUT2D eigenvalue weighted by molar-refractivity contribution is 5.98. The van der Waals surface area contributed by atoms with Gasteiger partial charge >= 0.3 is 5.97 Å². The van der Waals surface area contributed by atoms with E-state index in [2.05, 4.69) is 5.32 Å². The van der Waals surface area contributed by atoms with E-state index in [-0.39, 0.29) is 24.1 Å². The number of benzene rings is 1. The first-order valence-electron chi connectivity index (χ1n) is 6.17. The number of hydrogen-bond acceptors (Lipinski definition) is 4. The van der Waals surface area contributed by atoms with Crippen LogP contribution in [0.2, 0.25) is 0 Å². The number of halogens is 1. The molecule has 0 aliphatic carbocycles. The van der Waals surface area contributed by atoms with Crippen molar-refractivity contribution in [3.05, 3.63) is 29.6 Å². The van der Waals surface area contributed by atoms with E-state index in [0.717, 1.165) is 12.1 Å². The summed E-state index contributed by atoms with van der Waals surface area (Å²) in [4.78, 5) is 33.7. The Morgan fingerprint density at radius 1 is 1.29 bits per heavy atom. The lowest BCUT2D eigenvalue weighted by molar-refractivity contribution is -0.150. The maximum atomic E-state index is 13.6. The summed E-state index contributed by atoms with van der Waals surface area (Å²) in [7, 11) is 0. The minimum absolute atomic E-state index is 0.0439. The van der Waals surface area contributed by atoms with Gasteiger partial charge in [0.25, 0.3) is 5.91 Å². The summed E-state index contributed by atoms with van der Waals surface area (Å²) in [5.41, 5.74) is 4.91. The lowest BCUT2D eigenvalue weighted by Gasteiger charge is -2.12. The van der Waals surface area contributed by atoms with Crippen LogP contribution in [0, 0.1) is 5.82 Å². The molecule has 0 spiro atoms. The zero-order chi connectivity index (χ0) is 15.6. The molecule has 1 aromatic carbocycles. The van der Waals surface area contributed by atoms with Gasteiger partial charge in [0, 0.05) is 5.56 Å². The van der Waals surface area contributed by atoms with E-state index in [1.54, 1.807) is 0 Å². The number of aliphatic carboxylic acids is 1. The molecule has 0 radical (unpaired) electrons. The average molecular weight is 296 g/mol. The largest absolute Gasteiger partial charge is 0.479 e. The number of carboxylic acids is 1. The molecule has 2 unspecified atom stereocenters. The second-order valence-corrected chi connectivity index (χ2v) is 4.58. The summed E-state index contributed by atoms with van der Waals surface area (Å²) in [5, 5.41) is 11.0. The molecule has 1 heterocycles. The predicted molar refractivity (Wildman–Crippen MR) is 69.1 cm³/mol. The molecule has 1 aliphatic rings. The van der Waals surface area contributed by atoms with Crippen LogP contribution < -0.4 is 11.1 Å². The van der Waals surface area contributed by atoms with Gasteiger partial charge in [-0.25, -0.2) is 9.18 Å². The summed E-state index contributed by atoms with van der Waals surface area (Å²) in [6.45, 7) is 0. The Hall–Kier alpha value is -2.48. The van der Waals surface area contributed by atoms with E-state index in [9.17, 15) is 18.8 Å². The third-order valence-corrected chi connectivity index (χ3v) is 3.10. The monoisotopic (exact) mass is 296 g/mol. The second-order valence-electron chi connectivity index (χ2n) is 4.58. The SMILES string of the molecule is NC(=O)c1ccc(F)c(NC(=O)C2CCC(C(=O)O)O2)c1. The van der Waals surface area contributed by atoms with Gasteiger partial charge < -0.3 is 20.9 Å². The van der Waals surface area contributed by atoms with Crippen LogP contribution in [0.1, 0.15) is 23.2 Å². The lowest BCUT2D eigenvalue weighted by Crippen LogP contribution is -2.30. The van der Waals surface area contributed by atoms with Gasteiger partial charge in [0.2, 0.25) is 5.91 Å². The lowest BCUT2D eigenvalue weighted by atomic mass is 10.1. The molecule has 2 atom stereocenters. The smallest absolute Gasteiger partial charge is 0.332 e. The fourth-order valence-electron chi connectivity index (χ4n) is 2.00. The predicted octanol–water partition coefficient (Wildman–Crippen LogP) is 0.495. The van der Waals surface area contributed by atoms with Crippen LogP contribution in [0.15, 0.2) is 18.2 Å². The molecule has 1 aromatic rings. The van der Waals surface area contributed by atoms with E-state index in [0.29, 0.717) is 0 Å². The van der Waals surface area contributed by atoms with Gasteiger partial charge in [-0.05, 0) is 31.0 Å². The second kappa shape index (κ2) is 5.88. The summed E-state index contributed by atoms with van der Waals surface area (Å²) >= 11 is 0. The Kier molecular flexibility index (Phi) is 4.18. The van der Waals surface area contributed by atoms with Crippen molar-refractivity contribution in [1.29, 1.82) is 0 Å². The minimum atomic E-state index is -1.15. The molecule has 1 aliphatic heterocycles.